The second kappa shape index (κ2) is 9.60. The van der Waals surface area contributed by atoms with Crippen LogP contribution in [0.15, 0.2) is 47.6 Å². The van der Waals surface area contributed by atoms with Gasteiger partial charge in [-0.05, 0) is 112 Å². The normalized spacial score (nSPS) is 35.5. The van der Waals surface area contributed by atoms with Crippen LogP contribution in [0.2, 0.25) is 0 Å². The highest BCUT2D eigenvalue weighted by molar-refractivity contribution is 5.32. The minimum Gasteiger partial charge on any atom is -0.493 e. The van der Waals surface area contributed by atoms with Crippen molar-refractivity contribution in [3.63, 3.8) is 0 Å². The van der Waals surface area contributed by atoms with Crippen LogP contribution in [0.25, 0.3) is 0 Å². The Kier molecular flexibility index (Phi) is 6.93. The van der Waals surface area contributed by atoms with E-state index in [4.69, 9.17) is 4.74 Å². The van der Waals surface area contributed by atoms with E-state index in [1.807, 2.05) is 24.3 Å². The quantitative estimate of drug-likeness (QED) is 0.434. The fourth-order valence-corrected chi connectivity index (χ4v) is 7.90. The molecular formula is C32H46O4. The number of allylic oxidation sites excluding steroid dienone is 3. The van der Waals surface area contributed by atoms with E-state index < -0.39 is 5.60 Å². The Balaban J connectivity index is 1.24. The zero-order valence-electron chi connectivity index (χ0n) is 22.7. The van der Waals surface area contributed by atoms with Crippen molar-refractivity contribution < 1.29 is 20.1 Å². The van der Waals surface area contributed by atoms with Gasteiger partial charge in [-0.15, -0.1) is 0 Å². The van der Waals surface area contributed by atoms with Gasteiger partial charge in [-0.1, -0.05) is 49.3 Å². The lowest BCUT2D eigenvalue weighted by Crippen LogP contribution is -2.39. The van der Waals surface area contributed by atoms with Crippen LogP contribution < -0.4 is 4.74 Å². The molecule has 4 heteroatoms. The molecule has 6 atom stereocenters. The molecule has 0 amide bonds. The first-order valence-corrected chi connectivity index (χ1v) is 14.2. The Hall–Kier alpha value is -1.62. The number of rotatable bonds is 6. The van der Waals surface area contributed by atoms with E-state index in [1.165, 1.54) is 37.7 Å². The minimum atomic E-state index is -0.871. The van der Waals surface area contributed by atoms with Gasteiger partial charge in [-0.2, -0.15) is 0 Å². The van der Waals surface area contributed by atoms with Crippen LogP contribution in [0.1, 0.15) is 91.0 Å². The lowest BCUT2D eigenvalue weighted by molar-refractivity contribution is -0.0225. The number of aliphatic hydroxyl groups excluding tert-OH is 2. The molecular weight excluding hydrogens is 448 g/mol. The summed E-state index contributed by atoms with van der Waals surface area (Å²) < 4.78 is 6.25. The zero-order valence-corrected chi connectivity index (χ0v) is 22.7. The van der Waals surface area contributed by atoms with Crippen molar-refractivity contribution in [2.45, 2.75) is 103 Å². The first-order valence-electron chi connectivity index (χ1n) is 14.2. The van der Waals surface area contributed by atoms with Gasteiger partial charge in [-0.3, -0.25) is 0 Å². The van der Waals surface area contributed by atoms with Crippen molar-refractivity contribution in [2.75, 3.05) is 6.61 Å². The Morgan fingerprint density at radius 2 is 1.81 bits per heavy atom. The summed E-state index contributed by atoms with van der Waals surface area (Å²) in [6, 6.07) is 7.86. The summed E-state index contributed by atoms with van der Waals surface area (Å²) in [6.45, 7) is 9.16. The van der Waals surface area contributed by atoms with Crippen LogP contribution in [0.4, 0.5) is 0 Å². The molecule has 5 rings (SSSR count). The van der Waals surface area contributed by atoms with Gasteiger partial charge in [-0.25, -0.2) is 0 Å². The summed E-state index contributed by atoms with van der Waals surface area (Å²) in [4.78, 5) is 0. The summed E-state index contributed by atoms with van der Waals surface area (Å²) in [7, 11) is 0. The van der Waals surface area contributed by atoms with Gasteiger partial charge in [0.15, 0.2) is 0 Å². The number of hydrogen-bond acceptors (Lipinski definition) is 4. The maximum Gasteiger partial charge on any atom is 0.119 e. The fraction of sp³-hybridized carbons (Fsp3) is 0.688. The highest BCUT2D eigenvalue weighted by atomic mass is 16.5. The highest BCUT2D eigenvalue weighted by Gasteiger charge is 2.56. The number of fused-ring (bicyclic) bond motifs is 1. The first-order chi connectivity index (χ1) is 17.0. The Morgan fingerprint density at radius 3 is 2.47 bits per heavy atom. The lowest BCUT2D eigenvalue weighted by atomic mass is 9.61. The predicted octanol–water partition coefficient (Wildman–Crippen LogP) is 6.29. The molecule has 0 aliphatic heterocycles. The van der Waals surface area contributed by atoms with Crippen molar-refractivity contribution in [2.24, 2.45) is 28.6 Å². The molecule has 0 heterocycles. The van der Waals surface area contributed by atoms with Crippen LogP contribution in [0.5, 0.6) is 5.75 Å². The van der Waals surface area contributed by atoms with Gasteiger partial charge in [0.1, 0.15) is 5.75 Å². The molecule has 4 fully saturated rings. The monoisotopic (exact) mass is 494 g/mol. The average molecular weight is 495 g/mol. The van der Waals surface area contributed by atoms with E-state index >= 15 is 0 Å². The second-order valence-electron chi connectivity index (χ2n) is 13.2. The molecule has 0 saturated heterocycles. The van der Waals surface area contributed by atoms with Gasteiger partial charge < -0.3 is 20.1 Å². The van der Waals surface area contributed by atoms with Crippen LogP contribution in [0, 0.1) is 28.6 Å². The van der Waals surface area contributed by atoms with Crippen molar-refractivity contribution in [1.29, 1.82) is 0 Å². The Bertz CT molecular complexity index is 997. The minimum absolute atomic E-state index is 0.194. The molecule has 4 aliphatic carbocycles. The van der Waals surface area contributed by atoms with Crippen LogP contribution in [-0.4, -0.2) is 34.1 Å². The van der Waals surface area contributed by atoms with E-state index in [-0.39, 0.29) is 17.6 Å². The molecule has 0 aromatic heterocycles. The Labute approximate surface area is 217 Å². The first kappa shape index (κ1) is 26.0. The topological polar surface area (TPSA) is 69.9 Å². The van der Waals surface area contributed by atoms with E-state index in [2.05, 4.69) is 26.0 Å². The molecule has 4 saturated carbocycles. The average Bonchev–Trinajstić information content (AvgIpc) is 3.56. The van der Waals surface area contributed by atoms with E-state index in [0.29, 0.717) is 42.6 Å². The summed E-state index contributed by atoms with van der Waals surface area (Å²) >= 11 is 0. The zero-order chi connectivity index (χ0) is 25.7. The predicted molar refractivity (Wildman–Crippen MR) is 144 cm³/mol. The maximum absolute atomic E-state index is 10.6. The van der Waals surface area contributed by atoms with Crippen LogP contribution in [-0.2, 0) is 5.60 Å². The molecule has 0 bridgehead atoms. The number of aliphatic hydroxyl groups is 3. The van der Waals surface area contributed by atoms with Crippen molar-refractivity contribution >= 4 is 0 Å². The molecule has 1 spiro atoms. The summed E-state index contributed by atoms with van der Waals surface area (Å²) in [6.07, 6.45) is 13.3. The van der Waals surface area contributed by atoms with Crippen LogP contribution >= 0.6 is 0 Å². The molecule has 0 unspecified atom stereocenters. The van der Waals surface area contributed by atoms with Gasteiger partial charge >= 0.3 is 0 Å². The van der Waals surface area contributed by atoms with E-state index in [0.717, 1.165) is 24.2 Å². The summed E-state index contributed by atoms with van der Waals surface area (Å²) in [5.74, 6) is 2.54. The van der Waals surface area contributed by atoms with Gasteiger partial charge in [0, 0.05) is 5.41 Å². The highest BCUT2D eigenvalue weighted by Crippen LogP contribution is 2.60. The molecule has 198 valence electrons. The molecule has 36 heavy (non-hydrogen) atoms. The standard InChI is InChI=1S/C32H46O4/c1-21(20-36-25-9-5-8-24(19-25)30(2,3)35)26-12-13-27-23(7-6-14-31(26,27)4)11-10-22-17-28(33)32(15-16-32)29(34)18-22/h5,8-11,19,21,26-29,33-35H,6-7,12-18,20H2,1-4H3/t21-,26+,27-,28+,29+,31+/m0/s1. The fourth-order valence-electron chi connectivity index (χ4n) is 7.90. The molecule has 4 nitrogen and oxygen atoms in total. The molecule has 3 N–H and O–H groups in total. The van der Waals surface area contributed by atoms with Crippen molar-refractivity contribution in [3.05, 3.63) is 53.1 Å². The number of hydrogen-bond donors (Lipinski definition) is 3. The third-order valence-electron chi connectivity index (χ3n) is 10.4. The largest absolute Gasteiger partial charge is 0.493 e. The number of benzene rings is 1. The van der Waals surface area contributed by atoms with Gasteiger partial charge in [0.05, 0.1) is 24.4 Å². The van der Waals surface area contributed by atoms with E-state index in [9.17, 15) is 15.3 Å². The van der Waals surface area contributed by atoms with E-state index in [1.54, 1.807) is 19.4 Å². The summed E-state index contributed by atoms with van der Waals surface area (Å²) in [5, 5.41) is 31.6. The molecule has 1 aromatic carbocycles. The number of ether oxygens (including phenoxy) is 1. The Morgan fingerprint density at radius 1 is 1.08 bits per heavy atom. The van der Waals surface area contributed by atoms with Gasteiger partial charge in [0.2, 0.25) is 0 Å². The van der Waals surface area contributed by atoms with Crippen molar-refractivity contribution in [1.82, 2.24) is 0 Å². The third kappa shape index (κ3) is 4.81. The van der Waals surface area contributed by atoms with Crippen molar-refractivity contribution in [3.8, 4) is 5.75 Å². The maximum atomic E-state index is 10.6. The summed E-state index contributed by atoms with van der Waals surface area (Å²) in [5.41, 5.74) is 2.88. The molecule has 1 aromatic rings. The SMILES string of the molecule is C[C@@H](COc1cccc(C(C)(C)O)c1)[C@H]1CC[C@H]2C(=CC=C3C[C@@H](O)C4(CC4)[C@H](O)C3)CCC[C@]12C. The smallest absolute Gasteiger partial charge is 0.119 e. The molecule has 4 aliphatic rings. The van der Waals surface area contributed by atoms with Crippen LogP contribution in [0.3, 0.4) is 0 Å². The second-order valence-corrected chi connectivity index (χ2v) is 13.2. The lowest BCUT2D eigenvalue weighted by Gasteiger charge is -2.44. The molecule has 0 radical (unpaired) electrons. The van der Waals surface area contributed by atoms with Gasteiger partial charge in [0.25, 0.3) is 0 Å². The third-order valence-corrected chi connectivity index (χ3v) is 10.4.